The number of rotatable bonds is 4. The highest BCUT2D eigenvalue weighted by Crippen LogP contribution is 2.21. The van der Waals surface area contributed by atoms with Gasteiger partial charge in [-0.3, -0.25) is 9.59 Å². The molecule has 0 aliphatic carbocycles. The number of hydrogen-bond donors (Lipinski definition) is 1. The molecule has 1 aromatic carbocycles. The van der Waals surface area contributed by atoms with Crippen molar-refractivity contribution in [1.82, 2.24) is 5.32 Å². The number of carbonyl (C=O) groups excluding carboxylic acids is 1. The fraction of sp³-hybridized carbons (Fsp3) is 0.111. The lowest BCUT2D eigenvalue weighted by molar-refractivity contribution is 0.0926. The maximum Gasteiger partial charge on any atom is 0.302 e. The van der Waals surface area contributed by atoms with Gasteiger partial charge in [-0.25, -0.2) is 0 Å². The molecule has 4 rings (SSSR count). The van der Waals surface area contributed by atoms with Gasteiger partial charge in [0.15, 0.2) is 5.76 Å². The standard InChI is InChI=1S/C18H13NO5/c20-16-12-5-1-2-6-14(12)23-18-13(16)10-15(24-18)17(21)19-8-7-11-4-3-9-22-11/h1-6,9-10H,7-8H2,(H,19,21). The predicted molar refractivity (Wildman–Crippen MR) is 87.0 cm³/mol. The molecule has 24 heavy (non-hydrogen) atoms. The van der Waals surface area contributed by atoms with Crippen LogP contribution in [0.5, 0.6) is 0 Å². The number of para-hydroxylation sites is 1. The van der Waals surface area contributed by atoms with Crippen molar-refractivity contribution < 1.29 is 18.0 Å². The summed E-state index contributed by atoms with van der Waals surface area (Å²) < 4.78 is 16.2. The van der Waals surface area contributed by atoms with Crippen LogP contribution in [0.25, 0.3) is 22.1 Å². The van der Waals surface area contributed by atoms with E-state index in [4.69, 9.17) is 13.3 Å². The highest BCUT2D eigenvalue weighted by Gasteiger charge is 2.17. The highest BCUT2D eigenvalue weighted by atomic mass is 16.5. The number of amides is 1. The average molecular weight is 323 g/mol. The van der Waals surface area contributed by atoms with Gasteiger partial charge in [-0.05, 0) is 24.3 Å². The first-order chi connectivity index (χ1) is 11.7. The Hall–Kier alpha value is -3.28. The van der Waals surface area contributed by atoms with Crippen LogP contribution in [0.1, 0.15) is 16.3 Å². The molecular weight excluding hydrogens is 310 g/mol. The molecule has 3 heterocycles. The summed E-state index contributed by atoms with van der Waals surface area (Å²) in [5, 5.41) is 3.43. The molecule has 6 nitrogen and oxygen atoms in total. The van der Waals surface area contributed by atoms with E-state index in [1.165, 1.54) is 6.07 Å². The van der Waals surface area contributed by atoms with Crippen LogP contribution in [0.2, 0.25) is 0 Å². The van der Waals surface area contributed by atoms with E-state index in [2.05, 4.69) is 5.32 Å². The summed E-state index contributed by atoms with van der Waals surface area (Å²) in [5.41, 5.74) is 0.208. The van der Waals surface area contributed by atoms with Gasteiger partial charge in [0.1, 0.15) is 16.7 Å². The molecule has 0 spiro atoms. The second-order valence-electron chi connectivity index (χ2n) is 5.32. The molecule has 1 N–H and O–H groups in total. The van der Waals surface area contributed by atoms with Crippen molar-refractivity contribution in [2.24, 2.45) is 0 Å². The van der Waals surface area contributed by atoms with Crippen molar-refractivity contribution >= 4 is 28.0 Å². The third-order valence-electron chi connectivity index (χ3n) is 3.74. The molecule has 0 aliphatic rings. The first-order valence-electron chi connectivity index (χ1n) is 7.48. The van der Waals surface area contributed by atoms with E-state index < -0.39 is 5.91 Å². The van der Waals surface area contributed by atoms with Crippen LogP contribution < -0.4 is 10.7 Å². The second kappa shape index (κ2) is 5.73. The Labute approximate surface area is 135 Å². The van der Waals surface area contributed by atoms with E-state index >= 15 is 0 Å². The van der Waals surface area contributed by atoms with Crippen LogP contribution in [0, 0.1) is 0 Å². The van der Waals surface area contributed by atoms with E-state index in [1.54, 1.807) is 36.6 Å². The maximum absolute atomic E-state index is 12.4. The van der Waals surface area contributed by atoms with Crippen LogP contribution in [0.3, 0.4) is 0 Å². The van der Waals surface area contributed by atoms with Crippen molar-refractivity contribution in [2.75, 3.05) is 6.54 Å². The summed E-state index contributed by atoms with van der Waals surface area (Å²) in [6.07, 6.45) is 2.15. The first kappa shape index (κ1) is 14.3. The van der Waals surface area contributed by atoms with Crippen LogP contribution >= 0.6 is 0 Å². The average Bonchev–Trinajstić information content (AvgIpc) is 3.24. The summed E-state index contributed by atoms with van der Waals surface area (Å²) in [5.74, 6) is 0.467. The molecule has 0 saturated heterocycles. The topological polar surface area (TPSA) is 85.6 Å². The molecule has 0 bridgehead atoms. The quantitative estimate of drug-likeness (QED) is 0.623. The van der Waals surface area contributed by atoms with Crippen LogP contribution in [0.15, 0.2) is 66.8 Å². The third-order valence-corrected chi connectivity index (χ3v) is 3.74. The Bertz CT molecular complexity index is 1070. The minimum Gasteiger partial charge on any atom is -0.469 e. The number of furan rings is 2. The lowest BCUT2D eigenvalue weighted by Crippen LogP contribution is -2.25. The zero-order valence-corrected chi connectivity index (χ0v) is 12.6. The lowest BCUT2D eigenvalue weighted by atomic mass is 10.2. The molecule has 4 aromatic rings. The lowest BCUT2D eigenvalue weighted by Gasteiger charge is -2.00. The smallest absolute Gasteiger partial charge is 0.302 e. The van der Waals surface area contributed by atoms with Gasteiger partial charge < -0.3 is 18.6 Å². The first-order valence-corrected chi connectivity index (χ1v) is 7.48. The van der Waals surface area contributed by atoms with Gasteiger partial charge >= 0.3 is 5.78 Å². The van der Waals surface area contributed by atoms with Crippen LogP contribution in [-0.2, 0) is 6.42 Å². The Morgan fingerprint density at radius 2 is 1.92 bits per heavy atom. The van der Waals surface area contributed by atoms with E-state index in [0.717, 1.165) is 5.76 Å². The largest absolute Gasteiger partial charge is 0.469 e. The molecule has 0 radical (unpaired) electrons. The van der Waals surface area contributed by atoms with Gasteiger partial charge in [0.25, 0.3) is 5.91 Å². The summed E-state index contributed by atoms with van der Waals surface area (Å²) in [7, 11) is 0. The molecule has 0 fully saturated rings. The van der Waals surface area contributed by atoms with E-state index in [9.17, 15) is 9.59 Å². The molecule has 0 saturated carbocycles. The number of benzene rings is 1. The summed E-state index contributed by atoms with van der Waals surface area (Å²) in [6.45, 7) is 0.396. The summed E-state index contributed by atoms with van der Waals surface area (Å²) in [6, 6.07) is 11.9. The zero-order chi connectivity index (χ0) is 16.5. The Balaban J connectivity index is 1.60. The van der Waals surface area contributed by atoms with E-state index in [-0.39, 0.29) is 22.4 Å². The molecule has 1 amide bonds. The Morgan fingerprint density at radius 3 is 2.75 bits per heavy atom. The Morgan fingerprint density at radius 1 is 1.04 bits per heavy atom. The molecule has 0 unspecified atom stereocenters. The van der Waals surface area contributed by atoms with Gasteiger partial charge in [-0.1, -0.05) is 12.1 Å². The van der Waals surface area contributed by atoms with Crippen LogP contribution in [-0.4, -0.2) is 12.5 Å². The molecule has 6 heteroatoms. The molecule has 0 atom stereocenters. The third kappa shape index (κ3) is 2.48. The van der Waals surface area contributed by atoms with E-state index in [1.807, 2.05) is 6.07 Å². The van der Waals surface area contributed by atoms with Gasteiger partial charge in [0, 0.05) is 19.0 Å². The summed E-state index contributed by atoms with van der Waals surface area (Å²) in [4.78, 5) is 24.6. The molecule has 120 valence electrons. The molecule has 0 aliphatic heterocycles. The Kier molecular flexibility index (Phi) is 3.42. The van der Waals surface area contributed by atoms with Gasteiger partial charge in [0.05, 0.1) is 11.6 Å². The minimum absolute atomic E-state index is 0.0422. The SMILES string of the molecule is O=C(NCCc1ccco1)c1cc2c(=O)c3ccccc3oc2o1. The zero-order valence-electron chi connectivity index (χ0n) is 12.6. The predicted octanol–water partition coefficient (Wildman–Crippen LogP) is 3.10. The normalized spacial score (nSPS) is 11.2. The van der Waals surface area contributed by atoms with Gasteiger partial charge in [-0.15, -0.1) is 0 Å². The van der Waals surface area contributed by atoms with Crippen molar-refractivity contribution in [3.63, 3.8) is 0 Å². The number of hydrogen-bond acceptors (Lipinski definition) is 5. The van der Waals surface area contributed by atoms with Gasteiger partial charge in [-0.2, -0.15) is 0 Å². The minimum atomic E-state index is -0.406. The van der Waals surface area contributed by atoms with Gasteiger partial charge in [0.2, 0.25) is 5.43 Å². The van der Waals surface area contributed by atoms with Crippen LogP contribution in [0.4, 0.5) is 0 Å². The fourth-order valence-electron chi connectivity index (χ4n) is 2.55. The van der Waals surface area contributed by atoms with E-state index in [0.29, 0.717) is 23.9 Å². The number of nitrogens with one attached hydrogen (secondary N) is 1. The highest BCUT2D eigenvalue weighted by molar-refractivity contribution is 5.97. The van der Waals surface area contributed by atoms with Crippen molar-refractivity contribution in [1.29, 1.82) is 0 Å². The summed E-state index contributed by atoms with van der Waals surface area (Å²) >= 11 is 0. The van der Waals surface area contributed by atoms with Crippen molar-refractivity contribution in [2.45, 2.75) is 6.42 Å². The van der Waals surface area contributed by atoms with Crippen molar-refractivity contribution in [3.8, 4) is 0 Å². The number of carbonyl (C=O) groups is 1. The molecule has 3 aromatic heterocycles. The molecular formula is C18H13NO5. The second-order valence-corrected chi connectivity index (χ2v) is 5.32. The fourth-order valence-corrected chi connectivity index (χ4v) is 2.55. The number of fused-ring (bicyclic) bond motifs is 2. The maximum atomic E-state index is 12.4. The monoisotopic (exact) mass is 323 g/mol. The van der Waals surface area contributed by atoms with Crippen molar-refractivity contribution in [3.05, 3.63) is 70.5 Å².